The summed E-state index contributed by atoms with van der Waals surface area (Å²) < 4.78 is 0. The van der Waals surface area contributed by atoms with Crippen molar-refractivity contribution in [2.75, 3.05) is 0 Å². The zero-order valence-corrected chi connectivity index (χ0v) is 9.92. The summed E-state index contributed by atoms with van der Waals surface area (Å²) in [6, 6.07) is 0. The predicted octanol–water partition coefficient (Wildman–Crippen LogP) is 1.90. The van der Waals surface area contributed by atoms with E-state index in [1.165, 1.54) is 0 Å². The molecule has 0 fully saturated rings. The van der Waals surface area contributed by atoms with Crippen LogP contribution in [-0.2, 0) is 4.79 Å². The van der Waals surface area contributed by atoms with Crippen LogP contribution in [0, 0.1) is 11.3 Å². The van der Waals surface area contributed by atoms with Gasteiger partial charge in [0.25, 0.3) is 0 Å². The molecule has 3 nitrogen and oxygen atoms in total. The van der Waals surface area contributed by atoms with Crippen molar-refractivity contribution in [3.8, 4) is 0 Å². The van der Waals surface area contributed by atoms with E-state index in [-0.39, 0.29) is 17.2 Å². The molecule has 0 aromatic heterocycles. The standard InChI is InChI=1S/C11H23NO2/c1-6-9(11(4,5)7-2)10(14)12-8(3)13/h8-9,13H,6-7H2,1-5H3,(H,12,14). The van der Waals surface area contributed by atoms with Crippen molar-refractivity contribution in [3.63, 3.8) is 0 Å². The molecule has 0 saturated heterocycles. The van der Waals surface area contributed by atoms with Crippen LogP contribution < -0.4 is 5.32 Å². The van der Waals surface area contributed by atoms with E-state index in [0.717, 1.165) is 12.8 Å². The van der Waals surface area contributed by atoms with Gasteiger partial charge in [-0.2, -0.15) is 0 Å². The highest BCUT2D eigenvalue weighted by Gasteiger charge is 2.32. The summed E-state index contributed by atoms with van der Waals surface area (Å²) in [7, 11) is 0. The highest BCUT2D eigenvalue weighted by Crippen LogP contribution is 2.32. The molecule has 0 aliphatic carbocycles. The molecule has 14 heavy (non-hydrogen) atoms. The fourth-order valence-corrected chi connectivity index (χ4v) is 1.65. The van der Waals surface area contributed by atoms with Crippen LogP contribution in [0.5, 0.6) is 0 Å². The molecule has 3 heteroatoms. The fourth-order valence-electron chi connectivity index (χ4n) is 1.65. The van der Waals surface area contributed by atoms with Crippen LogP contribution in [-0.4, -0.2) is 17.2 Å². The maximum atomic E-state index is 11.7. The van der Waals surface area contributed by atoms with Gasteiger partial charge >= 0.3 is 0 Å². The summed E-state index contributed by atoms with van der Waals surface area (Å²) >= 11 is 0. The van der Waals surface area contributed by atoms with Crippen molar-refractivity contribution in [2.24, 2.45) is 11.3 Å². The number of aliphatic hydroxyl groups is 1. The number of aliphatic hydroxyl groups excluding tert-OH is 1. The highest BCUT2D eigenvalue weighted by atomic mass is 16.3. The summed E-state index contributed by atoms with van der Waals surface area (Å²) in [6.45, 7) is 9.82. The predicted molar refractivity (Wildman–Crippen MR) is 57.7 cm³/mol. The maximum Gasteiger partial charge on any atom is 0.225 e. The van der Waals surface area contributed by atoms with Gasteiger partial charge in [-0.3, -0.25) is 4.79 Å². The SMILES string of the molecule is CCC(C(=O)NC(C)O)C(C)(C)CC. The second kappa shape index (κ2) is 5.35. The number of hydrogen-bond acceptors (Lipinski definition) is 2. The summed E-state index contributed by atoms with van der Waals surface area (Å²) in [4.78, 5) is 11.7. The van der Waals surface area contributed by atoms with Gasteiger partial charge in [-0.15, -0.1) is 0 Å². The van der Waals surface area contributed by atoms with Gasteiger partial charge in [0.05, 0.1) is 0 Å². The van der Waals surface area contributed by atoms with E-state index in [2.05, 4.69) is 26.1 Å². The van der Waals surface area contributed by atoms with Crippen molar-refractivity contribution in [2.45, 2.75) is 53.7 Å². The van der Waals surface area contributed by atoms with Crippen LogP contribution in [0.2, 0.25) is 0 Å². The zero-order valence-electron chi connectivity index (χ0n) is 9.92. The lowest BCUT2D eigenvalue weighted by Crippen LogP contribution is -2.42. The maximum absolute atomic E-state index is 11.7. The normalized spacial score (nSPS) is 16.1. The average molecular weight is 201 g/mol. The van der Waals surface area contributed by atoms with E-state index < -0.39 is 6.23 Å². The Morgan fingerprint density at radius 3 is 2.21 bits per heavy atom. The molecular weight excluding hydrogens is 178 g/mol. The van der Waals surface area contributed by atoms with E-state index in [1.54, 1.807) is 6.92 Å². The molecule has 0 aromatic rings. The van der Waals surface area contributed by atoms with Gasteiger partial charge in [0.15, 0.2) is 0 Å². The summed E-state index contributed by atoms with van der Waals surface area (Å²) in [5.41, 5.74) is -0.00623. The van der Waals surface area contributed by atoms with Gasteiger partial charge < -0.3 is 10.4 Å². The Bertz CT molecular complexity index is 188. The molecule has 0 radical (unpaired) electrons. The van der Waals surface area contributed by atoms with Gasteiger partial charge in [0.2, 0.25) is 5.91 Å². The van der Waals surface area contributed by atoms with Gasteiger partial charge in [0.1, 0.15) is 6.23 Å². The molecule has 0 spiro atoms. The lowest BCUT2D eigenvalue weighted by Gasteiger charge is -2.32. The highest BCUT2D eigenvalue weighted by molar-refractivity contribution is 5.79. The summed E-state index contributed by atoms with van der Waals surface area (Å²) in [5, 5.41) is 11.6. The summed E-state index contributed by atoms with van der Waals surface area (Å²) in [6.07, 6.45) is 1.00. The molecule has 0 aliphatic rings. The van der Waals surface area contributed by atoms with E-state index in [4.69, 9.17) is 5.11 Å². The Hall–Kier alpha value is -0.570. The number of carbonyl (C=O) groups is 1. The Balaban J connectivity index is 4.48. The number of nitrogens with one attached hydrogen (secondary N) is 1. The van der Waals surface area contributed by atoms with Crippen molar-refractivity contribution < 1.29 is 9.90 Å². The number of amides is 1. The van der Waals surface area contributed by atoms with E-state index in [9.17, 15) is 4.79 Å². The third-order valence-corrected chi connectivity index (χ3v) is 2.93. The molecule has 2 N–H and O–H groups in total. The largest absolute Gasteiger partial charge is 0.374 e. The monoisotopic (exact) mass is 201 g/mol. The van der Waals surface area contributed by atoms with Gasteiger partial charge in [0, 0.05) is 5.92 Å². The lowest BCUT2D eigenvalue weighted by atomic mass is 9.75. The molecule has 1 amide bonds. The average Bonchev–Trinajstić information content (AvgIpc) is 2.03. The number of rotatable bonds is 5. The second-order valence-corrected chi connectivity index (χ2v) is 4.49. The van der Waals surface area contributed by atoms with Crippen LogP contribution in [0.3, 0.4) is 0 Å². The molecule has 0 aromatic carbocycles. The molecular formula is C11H23NO2. The van der Waals surface area contributed by atoms with Gasteiger partial charge in [-0.1, -0.05) is 34.1 Å². The smallest absolute Gasteiger partial charge is 0.225 e. The number of hydrogen-bond donors (Lipinski definition) is 2. The Labute approximate surface area is 86.9 Å². The first-order chi connectivity index (χ1) is 6.35. The topological polar surface area (TPSA) is 49.3 Å². The molecule has 0 saturated carbocycles. The lowest BCUT2D eigenvalue weighted by molar-refractivity contribution is -0.131. The van der Waals surface area contributed by atoms with Crippen LogP contribution >= 0.6 is 0 Å². The van der Waals surface area contributed by atoms with E-state index in [0.29, 0.717) is 0 Å². The van der Waals surface area contributed by atoms with E-state index >= 15 is 0 Å². The Morgan fingerprint density at radius 1 is 1.43 bits per heavy atom. The molecule has 2 unspecified atom stereocenters. The first kappa shape index (κ1) is 13.4. The third kappa shape index (κ3) is 3.66. The number of carbonyl (C=O) groups excluding carboxylic acids is 1. The van der Waals surface area contributed by atoms with Gasteiger partial charge in [-0.25, -0.2) is 0 Å². The van der Waals surface area contributed by atoms with Crippen LogP contribution in [0.25, 0.3) is 0 Å². The molecule has 0 heterocycles. The quantitative estimate of drug-likeness (QED) is 0.667. The van der Waals surface area contributed by atoms with Crippen molar-refractivity contribution in [3.05, 3.63) is 0 Å². The molecule has 84 valence electrons. The van der Waals surface area contributed by atoms with E-state index in [1.807, 2.05) is 6.92 Å². The second-order valence-electron chi connectivity index (χ2n) is 4.49. The van der Waals surface area contributed by atoms with Crippen molar-refractivity contribution >= 4 is 5.91 Å². The van der Waals surface area contributed by atoms with Gasteiger partial charge in [-0.05, 0) is 18.8 Å². The Morgan fingerprint density at radius 2 is 1.93 bits per heavy atom. The zero-order chi connectivity index (χ0) is 11.4. The molecule has 2 atom stereocenters. The minimum atomic E-state index is -0.760. The first-order valence-electron chi connectivity index (χ1n) is 5.33. The minimum absolute atomic E-state index is 0.00623. The Kier molecular flexibility index (Phi) is 5.13. The molecule has 0 bridgehead atoms. The van der Waals surface area contributed by atoms with Crippen molar-refractivity contribution in [1.29, 1.82) is 0 Å². The van der Waals surface area contributed by atoms with Crippen LogP contribution in [0.15, 0.2) is 0 Å². The minimum Gasteiger partial charge on any atom is -0.374 e. The summed E-state index contributed by atoms with van der Waals surface area (Å²) in [5.74, 6) is -0.0727. The molecule has 0 aliphatic heterocycles. The third-order valence-electron chi connectivity index (χ3n) is 2.93. The fraction of sp³-hybridized carbons (Fsp3) is 0.909. The van der Waals surface area contributed by atoms with Crippen molar-refractivity contribution in [1.82, 2.24) is 5.32 Å². The van der Waals surface area contributed by atoms with Crippen LogP contribution in [0.1, 0.15) is 47.5 Å². The van der Waals surface area contributed by atoms with Crippen LogP contribution in [0.4, 0.5) is 0 Å². The molecule has 0 rings (SSSR count). The first-order valence-corrected chi connectivity index (χ1v) is 5.33.